The van der Waals surface area contributed by atoms with Gasteiger partial charge in [-0.05, 0) is 67.4 Å². The molecule has 0 saturated carbocycles. The Morgan fingerprint density at radius 1 is 1.00 bits per heavy atom. The van der Waals surface area contributed by atoms with Gasteiger partial charge in [-0.2, -0.15) is 0 Å². The standard InChI is InChI=1S/C25H20ClFN2O3/c1-3-32-18-11-8-16(9-12-18)22-23(28-20-13-10-17(26)14-15(20)2)25(31)29(24(22)30)21-7-5-4-6-19(21)27/h4-14,28H,3H2,1-2H3. The van der Waals surface area contributed by atoms with Crippen LogP contribution >= 0.6 is 11.6 Å². The molecule has 0 unspecified atom stereocenters. The minimum atomic E-state index is -0.663. The zero-order valence-corrected chi connectivity index (χ0v) is 18.2. The molecule has 1 aliphatic heterocycles. The Labute approximate surface area is 190 Å². The van der Waals surface area contributed by atoms with E-state index in [9.17, 15) is 14.0 Å². The zero-order valence-electron chi connectivity index (χ0n) is 17.5. The molecule has 0 radical (unpaired) electrons. The Balaban J connectivity index is 1.83. The van der Waals surface area contributed by atoms with E-state index in [0.29, 0.717) is 28.6 Å². The molecule has 4 rings (SSSR count). The van der Waals surface area contributed by atoms with Gasteiger partial charge in [0.25, 0.3) is 11.8 Å². The summed E-state index contributed by atoms with van der Waals surface area (Å²) >= 11 is 6.05. The van der Waals surface area contributed by atoms with E-state index < -0.39 is 17.6 Å². The Bertz CT molecular complexity index is 1240. The van der Waals surface area contributed by atoms with E-state index >= 15 is 0 Å². The number of carbonyl (C=O) groups excluding carboxylic acids is 2. The van der Waals surface area contributed by atoms with Crippen LogP contribution < -0.4 is 15.0 Å². The molecule has 0 aliphatic carbocycles. The molecular weight excluding hydrogens is 431 g/mol. The molecule has 0 fully saturated rings. The van der Waals surface area contributed by atoms with Gasteiger partial charge in [0, 0.05) is 10.7 Å². The molecule has 0 saturated heterocycles. The molecule has 0 bridgehead atoms. The van der Waals surface area contributed by atoms with Gasteiger partial charge in [0.2, 0.25) is 0 Å². The molecule has 1 aliphatic rings. The minimum absolute atomic E-state index is 0.0628. The van der Waals surface area contributed by atoms with E-state index in [2.05, 4.69) is 5.32 Å². The summed E-state index contributed by atoms with van der Waals surface area (Å²) in [5, 5.41) is 3.63. The summed E-state index contributed by atoms with van der Waals surface area (Å²) < 4.78 is 20.0. The summed E-state index contributed by atoms with van der Waals surface area (Å²) in [6, 6.07) is 17.7. The molecule has 32 heavy (non-hydrogen) atoms. The average molecular weight is 451 g/mol. The first-order valence-corrected chi connectivity index (χ1v) is 10.4. The molecule has 3 aromatic carbocycles. The highest BCUT2D eigenvalue weighted by atomic mass is 35.5. The molecule has 3 aromatic rings. The Hall–Kier alpha value is -3.64. The van der Waals surface area contributed by atoms with Crippen molar-refractivity contribution in [1.29, 1.82) is 0 Å². The maximum absolute atomic E-state index is 14.5. The number of ether oxygens (including phenoxy) is 1. The van der Waals surface area contributed by atoms with Crippen LogP contribution in [0.3, 0.4) is 0 Å². The van der Waals surface area contributed by atoms with Crippen LogP contribution in [0.5, 0.6) is 5.75 Å². The van der Waals surface area contributed by atoms with E-state index in [4.69, 9.17) is 16.3 Å². The number of para-hydroxylation sites is 1. The maximum atomic E-state index is 14.5. The SMILES string of the molecule is CCOc1ccc(C2=C(Nc3ccc(Cl)cc3C)C(=O)N(c3ccccc3F)C2=O)cc1. The van der Waals surface area contributed by atoms with Crippen LogP contribution in [-0.2, 0) is 9.59 Å². The van der Waals surface area contributed by atoms with Crippen LogP contribution in [0, 0.1) is 12.7 Å². The van der Waals surface area contributed by atoms with Crippen LogP contribution in [0.25, 0.3) is 5.57 Å². The number of aryl methyl sites for hydroxylation is 1. The van der Waals surface area contributed by atoms with Crippen molar-refractivity contribution < 1.29 is 18.7 Å². The smallest absolute Gasteiger partial charge is 0.282 e. The van der Waals surface area contributed by atoms with Gasteiger partial charge in [-0.3, -0.25) is 9.59 Å². The third-order valence-corrected chi connectivity index (χ3v) is 5.31. The van der Waals surface area contributed by atoms with Crippen molar-refractivity contribution >= 4 is 40.4 Å². The van der Waals surface area contributed by atoms with Gasteiger partial charge >= 0.3 is 0 Å². The van der Waals surface area contributed by atoms with E-state index in [1.54, 1.807) is 48.5 Å². The van der Waals surface area contributed by atoms with Crippen molar-refractivity contribution in [3.05, 3.63) is 94.4 Å². The summed E-state index contributed by atoms with van der Waals surface area (Å²) in [5.74, 6) is -1.27. The Kier molecular flexibility index (Phi) is 5.97. The highest BCUT2D eigenvalue weighted by Crippen LogP contribution is 2.36. The van der Waals surface area contributed by atoms with Crippen molar-refractivity contribution in [2.45, 2.75) is 13.8 Å². The second-order valence-corrected chi connectivity index (χ2v) is 7.63. The first-order chi connectivity index (χ1) is 15.4. The first kappa shape index (κ1) is 21.6. The third-order valence-electron chi connectivity index (χ3n) is 5.08. The third kappa shape index (κ3) is 3.97. The van der Waals surface area contributed by atoms with Crippen molar-refractivity contribution in [1.82, 2.24) is 0 Å². The topological polar surface area (TPSA) is 58.6 Å². The number of anilines is 2. The fraction of sp³-hybridized carbons (Fsp3) is 0.120. The molecule has 0 spiro atoms. The van der Waals surface area contributed by atoms with Crippen molar-refractivity contribution in [2.24, 2.45) is 0 Å². The quantitative estimate of drug-likeness (QED) is 0.498. The van der Waals surface area contributed by atoms with Gasteiger partial charge in [-0.15, -0.1) is 0 Å². The van der Waals surface area contributed by atoms with Gasteiger partial charge in [-0.1, -0.05) is 35.9 Å². The van der Waals surface area contributed by atoms with E-state index in [0.717, 1.165) is 10.5 Å². The number of nitrogens with one attached hydrogen (secondary N) is 1. The summed E-state index contributed by atoms with van der Waals surface area (Å²) in [6.45, 7) is 4.21. The fourth-order valence-electron chi connectivity index (χ4n) is 3.55. The Morgan fingerprint density at radius 2 is 1.72 bits per heavy atom. The second-order valence-electron chi connectivity index (χ2n) is 7.19. The fourth-order valence-corrected chi connectivity index (χ4v) is 3.78. The number of rotatable bonds is 6. The number of carbonyl (C=O) groups is 2. The van der Waals surface area contributed by atoms with Crippen LogP contribution in [0.2, 0.25) is 5.02 Å². The molecular formula is C25H20ClFN2O3. The van der Waals surface area contributed by atoms with E-state index in [1.165, 1.54) is 18.2 Å². The van der Waals surface area contributed by atoms with Crippen LogP contribution in [0.15, 0.2) is 72.4 Å². The van der Waals surface area contributed by atoms with Gasteiger partial charge in [0.1, 0.15) is 17.3 Å². The van der Waals surface area contributed by atoms with Crippen molar-refractivity contribution in [3.63, 3.8) is 0 Å². The molecule has 1 N–H and O–H groups in total. The molecule has 1 heterocycles. The van der Waals surface area contributed by atoms with Crippen molar-refractivity contribution in [3.8, 4) is 5.75 Å². The minimum Gasteiger partial charge on any atom is -0.494 e. The van der Waals surface area contributed by atoms with Gasteiger partial charge < -0.3 is 10.1 Å². The Morgan fingerprint density at radius 3 is 2.38 bits per heavy atom. The lowest BCUT2D eigenvalue weighted by Gasteiger charge is -2.16. The highest BCUT2D eigenvalue weighted by Gasteiger charge is 2.41. The number of amides is 2. The second kappa shape index (κ2) is 8.85. The van der Waals surface area contributed by atoms with E-state index in [-0.39, 0.29) is 17.0 Å². The maximum Gasteiger partial charge on any atom is 0.282 e. The molecule has 162 valence electrons. The summed E-state index contributed by atoms with van der Waals surface area (Å²) in [4.78, 5) is 27.6. The predicted octanol–water partition coefficient (Wildman–Crippen LogP) is 5.58. The summed E-state index contributed by atoms with van der Waals surface area (Å²) in [6.07, 6.45) is 0. The van der Waals surface area contributed by atoms with Crippen molar-refractivity contribution in [2.75, 3.05) is 16.8 Å². The predicted molar refractivity (Wildman–Crippen MR) is 123 cm³/mol. The number of hydrogen-bond donors (Lipinski definition) is 1. The van der Waals surface area contributed by atoms with Gasteiger partial charge in [-0.25, -0.2) is 9.29 Å². The van der Waals surface area contributed by atoms with Gasteiger partial charge in [0.15, 0.2) is 0 Å². The first-order valence-electron chi connectivity index (χ1n) is 10.0. The molecule has 5 nitrogen and oxygen atoms in total. The number of hydrogen-bond acceptors (Lipinski definition) is 4. The van der Waals surface area contributed by atoms with Crippen LogP contribution in [0.4, 0.5) is 15.8 Å². The van der Waals surface area contributed by atoms with Crippen LogP contribution in [0.1, 0.15) is 18.1 Å². The summed E-state index contributed by atoms with van der Waals surface area (Å²) in [5.41, 5.74) is 2.03. The molecule has 7 heteroatoms. The normalized spacial score (nSPS) is 13.7. The number of imide groups is 1. The van der Waals surface area contributed by atoms with Gasteiger partial charge in [0.05, 0.1) is 17.9 Å². The zero-order chi connectivity index (χ0) is 22.8. The summed E-state index contributed by atoms with van der Waals surface area (Å²) in [7, 11) is 0. The lowest BCUT2D eigenvalue weighted by Crippen LogP contribution is -2.33. The molecule has 2 amide bonds. The monoisotopic (exact) mass is 450 g/mol. The van der Waals surface area contributed by atoms with E-state index in [1.807, 2.05) is 13.8 Å². The lowest BCUT2D eigenvalue weighted by molar-refractivity contribution is -0.120. The molecule has 0 aromatic heterocycles. The average Bonchev–Trinajstić information content (AvgIpc) is 3.01. The van der Waals surface area contributed by atoms with Crippen LogP contribution in [-0.4, -0.2) is 18.4 Å². The highest BCUT2D eigenvalue weighted by molar-refractivity contribution is 6.46. The lowest BCUT2D eigenvalue weighted by atomic mass is 10.0. The molecule has 0 atom stereocenters. The number of halogens is 2. The number of benzene rings is 3. The number of nitrogens with zero attached hydrogens (tertiary/aromatic N) is 1. The largest absolute Gasteiger partial charge is 0.494 e.